The average molecular weight is 257 g/mol. The van der Waals surface area contributed by atoms with Gasteiger partial charge in [0.1, 0.15) is 7.28 Å². The summed E-state index contributed by atoms with van der Waals surface area (Å²) in [6.07, 6.45) is 1.59. The third-order valence-electron chi connectivity index (χ3n) is 2.72. The van der Waals surface area contributed by atoms with E-state index in [1.54, 1.807) is 0 Å². The maximum absolute atomic E-state index is 5.63. The number of hydrogen-bond acceptors (Lipinski definition) is 2. The molecule has 0 aliphatic carbocycles. The number of ether oxygens (including phenoxy) is 2. The summed E-state index contributed by atoms with van der Waals surface area (Å²) in [5.41, 5.74) is 2.37. The standard InChI is InChI=1S/C15H23B2O2/c1-13(2)17-8-10-19-12-15-5-3-14(4-6-15)11-18-9-7-16/h3-6,13H,7-12H2,1-2H3. The lowest BCUT2D eigenvalue weighted by Crippen LogP contribution is -2.02. The second-order valence-electron chi connectivity index (χ2n) is 4.98. The van der Waals surface area contributed by atoms with Crippen molar-refractivity contribution in [3.8, 4) is 0 Å². The Morgan fingerprint density at radius 3 is 2.00 bits per heavy atom. The van der Waals surface area contributed by atoms with Crippen molar-refractivity contribution in [2.24, 2.45) is 0 Å². The van der Waals surface area contributed by atoms with Crippen molar-refractivity contribution in [2.45, 2.75) is 45.5 Å². The Morgan fingerprint density at radius 1 is 1.00 bits per heavy atom. The molecule has 0 N–H and O–H groups in total. The molecule has 0 saturated carbocycles. The molecule has 1 aromatic carbocycles. The third-order valence-corrected chi connectivity index (χ3v) is 2.72. The lowest BCUT2D eigenvalue weighted by Gasteiger charge is -2.07. The van der Waals surface area contributed by atoms with E-state index in [0.717, 1.165) is 12.9 Å². The summed E-state index contributed by atoms with van der Waals surface area (Å²) in [5.74, 6) is 0.636. The van der Waals surface area contributed by atoms with Crippen molar-refractivity contribution >= 4 is 15.1 Å². The van der Waals surface area contributed by atoms with Gasteiger partial charge in [0.2, 0.25) is 0 Å². The first-order valence-corrected chi connectivity index (χ1v) is 6.99. The van der Waals surface area contributed by atoms with Crippen LogP contribution in [0.4, 0.5) is 0 Å². The van der Waals surface area contributed by atoms with Gasteiger partial charge in [-0.2, -0.15) is 0 Å². The zero-order valence-corrected chi connectivity index (χ0v) is 12.1. The van der Waals surface area contributed by atoms with E-state index >= 15 is 0 Å². The zero-order chi connectivity index (χ0) is 13.9. The Labute approximate surface area is 119 Å². The van der Waals surface area contributed by atoms with E-state index in [1.807, 2.05) is 0 Å². The first kappa shape index (κ1) is 16.3. The monoisotopic (exact) mass is 257 g/mol. The van der Waals surface area contributed by atoms with Gasteiger partial charge in [-0.3, -0.25) is 0 Å². The lowest BCUT2D eigenvalue weighted by molar-refractivity contribution is 0.132. The van der Waals surface area contributed by atoms with Gasteiger partial charge in [0.05, 0.1) is 21.1 Å². The first-order chi connectivity index (χ1) is 9.22. The van der Waals surface area contributed by atoms with E-state index in [9.17, 15) is 0 Å². The highest BCUT2D eigenvalue weighted by Gasteiger charge is 1.98. The van der Waals surface area contributed by atoms with Crippen LogP contribution in [0.1, 0.15) is 25.0 Å². The second-order valence-corrected chi connectivity index (χ2v) is 4.98. The zero-order valence-electron chi connectivity index (χ0n) is 12.1. The van der Waals surface area contributed by atoms with Gasteiger partial charge in [-0.15, -0.1) is 0 Å². The number of benzene rings is 1. The molecule has 0 atom stereocenters. The van der Waals surface area contributed by atoms with Crippen molar-refractivity contribution in [3.05, 3.63) is 35.4 Å². The highest BCUT2D eigenvalue weighted by atomic mass is 16.5. The Bertz CT molecular complexity index is 325. The van der Waals surface area contributed by atoms with Crippen molar-refractivity contribution in [3.63, 3.8) is 0 Å². The molecule has 0 unspecified atom stereocenters. The van der Waals surface area contributed by atoms with Crippen LogP contribution < -0.4 is 0 Å². The minimum Gasteiger partial charge on any atom is -0.378 e. The molecule has 0 amide bonds. The van der Waals surface area contributed by atoms with E-state index in [1.165, 1.54) is 11.1 Å². The summed E-state index contributed by atoms with van der Waals surface area (Å²) in [4.78, 5) is 0. The fraction of sp³-hybridized carbons (Fsp3) is 0.600. The quantitative estimate of drug-likeness (QED) is 0.473. The van der Waals surface area contributed by atoms with Crippen LogP contribution in [0, 0.1) is 0 Å². The predicted octanol–water partition coefficient (Wildman–Crippen LogP) is 3.26. The van der Waals surface area contributed by atoms with Gasteiger partial charge in [0.25, 0.3) is 0 Å². The van der Waals surface area contributed by atoms with Gasteiger partial charge in [-0.05, 0) is 11.1 Å². The van der Waals surface area contributed by atoms with Gasteiger partial charge < -0.3 is 9.47 Å². The predicted molar refractivity (Wildman–Crippen MR) is 82.0 cm³/mol. The van der Waals surface area contributed by atoms with E-state index in [-0.39, 0.29) is 0 Å². The maximum atomic E-state index is 5.63. The topological polar surface area (TPSA) is 18.5 Å². The molecular weight excluding hydrogens is 234 g/mol. The molecule has 0 aliphatic heterocycles. The molecule has 19 heavy (non-hydrogen) atoms. The number of hydrogen-bond donors (Lipinski definition) is 0. The third kappa shape index (κ3) is 8.12. The SMILES string of the molecule is [B]CCOCc1ccc(COCC[B]C(C)C)cc1. The molecule has 0 aromatic heterocycles. The van der Waals surface area contributed by atoms with Gasteiger partial charge in [-0.25, -0.2) is 0 Å². The van der Waals surface area contributed by atoms with Crippen LogP contribution in [0.15, 0.2) is 24.3 Å². The van der Waals surface area contributed by atoms with E-state index in [4.69, 9.17) is 17.3 Å². The summed E-state index contributed by atoms with van der Waals surface area (Å²) in [5, 5.41) is 0. The molecule has 0 spiro atoms. The fourth-order valence-corrected chi connectivity index (χ4v) is 1.68. The Balaban J connectivity index is 2.17. The molecule has 3 radical (unpaired) electrons. The van der Waals surface area contributed by atoms with Crippen LogP contribution in [0.5, 0.6) is 0 Å². The summed E-state index contributed by atoms with van der Waals surface area (Å²) >= 11 is 0. The molecule has 0 aliphatic rings. The molecule has 0 heterocycles. The smallest absolute Gasteiger partial charge is 0.115 e. The van der Waals surface area contributed by atoms with E-state index in [0.29, 0.717) is 32.0 Å². The Morgan fingerprint density at radius 2 is 1.53 bits per heavy atom. The maximum Gasteiger partial charge on any atom is 0.115 e. The molecule has 0 fully saturated rings. The van der Waals surface area contributed by atoms with Crippen LogP contribution >= 0.6 is 0 Å². The number of rotatable bonds is 10. The van der Waals surface area contributed by atoms with Crippen LogP contribution in [0.3, 0.4) is 0 Å². The van der Waals surface area contributed by atoms with Crippen LogP contribution in [0.25, 0.3) is 0 Å². The highest BCUT2D eigenvalue weighted by Crippen LogP contribution is 2.08. The van der Waals surface area contributed by atoms with Crippen molar-refractivity contribution in [1.82, 2.24) is 0 Å². The molecule has 101 valence electrons. The summed E-state index contributed by atoms with van der Waals surface area (Å²) in [6, 6.07) is 8.34. The van der Waals surface area contributed by atoms with Crippen LogP contribution in [-0.4, -0.2) is 28.3 Å². The molecule has 2 nitrogen and oxygen atoms in total. The summed E-state index contributed by atoms with van der Waals surface area (Å²) < 4.78 is 11.0. The van der Waals surface area contributed by atoms with Crippen molar-refractivity contribution < 1.29 is 9.47 Å². The van der Waals surface area contributed by atoms with Gasteiger partial charge in [-0.1, -0.05) is 56.6 Å². The van der Waals surface area contributed by atoms with E-state index in [2.05, 4.69) is 45.4 Å². The molecule has 1 rings (SSSR count). The van der Waals surface area contributed by atoms with Crippen molar-refractivity contribution in [1.29, 1.82) is 0 Å². The molecule has 0 bridgehead atoms. The van der Waals surface area contributed by atoms with E-state index < -0.39 is 0 Å². The minimum atomic E-state index is 0.569. The second kappa shape index (κ2) is 10.1. The van der Waals surface area contributed by atoms with Gasteiger partial charge >= 0.3 is 0 Å². The molecular formula is C15H23B2O2. The largest absolute Gasteiger partial charge is 0.378 e. The fourth-order valence-electron chi connectivity index (χ4n) is 1.68. The van der Waals surface area contributed by atoms with Crippen molar-refractivity contribution in [2.75, 3.05) is 13.2 Å². The first-order valence-electron chi connectivity index (χ1n) is 6.99. The minimum absolute atomic E-state index is 0.569. The van der Waals surface area contributed by atoms with Gasteiger partial charge in [0, 0.05) is 13.2 Å². The molecule has 1 aromatic rings. The summed E-state index contributed by atoms with van der Waals surface area (Å²) in [7, 11) is 7.65. The average Bonchev–Trinajstić information content (AvgIpc) is 2.40. The normalized spacial score (nSPS) is 10.9. The Hall–Kier alpha value is -0.730. The van der Waals surface area contributed by atoms with Crippen LogP contribution in [0.2, 0.25) is 18.5 Å². The van der Waals surface area contributed by atoms with Gasteiger partial charge in [0.15, 0.2) is 0 Å². The summed E-state index contributed by atoms with van der Waals surface area (Å²) in [6.45, 7) is 7.07. The highest BCUT2D eigenvalue weighted by molar-refractivity contribution is 6.37. The molecule has 0 saturated heterocycles. The Kier molecular flexibility index (Phi) is 8.68. The molecule has 4 heteroatoms. The lowest BCUT2D eigenvalue weighted by atomic mass is 9.64. The van der Waals surface area contributed by atoms with Crippen LogP contribution in [-0.2, 0) is 22.7 Å².